The normalized spacial score (nSPS) is 18.3. The van der Waals surface area contributed by atoms with Gasteiger partial charge in [0.1, 0.15) is 11.9 Å². The summed E-state index contributed by atoms with van der Waals surface area (Å²) in [6.07, 6.45) is 10.4. The largest absolute Gasteiger partial charge is 0.333 e. The Kier molecular flexibility index (Phi) is 5.02. The number of nitriles is 1. The molecule has 0 radical (unpaired) electrons. The van der Waals surface area contributed by atoms with Crippen LogP contribution in [0.4, 0.5) is 5.82 Å². The van der Waals surface area contributed by atoms with Crippen molar-refractivity contribution in [3.8, 4) is 6.07 Å². The van der Waals surface area contributed by atoms with E-state index in [9.17, 15) is 10.1 Å². The van der Waals surface area contributed by atoms with Gasteiger partial charge in [-0.25, -0.2) is 0 Å². The number of nitrogens with one attached hydrogen (secondary N) is 2. The summed E-state index contributed by atoms with van der Waals surface area (Å²) in [7, 11) is 1.95. The Hall–Kier alpha value is -1.80. The number of carbonyl (C=O) groups is 1. The molecule has 1 amide bonds. The van der Waals surface area contributed by atoms with Gasteiger partial charge >= 0.3 is 0 Å². The van der Waals surface area contributed by atoms with Crippen molar-refractivity contribution >= 4 is 11.7 Å². The summed E-state index contributed by atoms with van der Waals surface area (Å²) in [6, 6.07) is 2.76. The van der Waals surface area contributed by atoms with Gasteiger partial charge in [-0.15, -0.1) is 0 Å². The summed E-state index contributed by atoms with van der Waals surface area (Å²) in [4.78, 5) is 12.3. The molecule has 0 saturated heterocycles. The summed E-state index contributed by atoms with van der Waals surface area (Å²) in [6.45, 7) is 0.325. The number of aromatic nitrogens is 1. The topological polar surface area (TPSA) is 69.8 Å². The summed E-state index contributed by atoms with van der Waals surface area (Å²) in [5.41, 5.74) is 3.01. The molecule has 5 heteroatoms. The molecule has 0 aliphatic heterocycles. The average molecular weight is 314 g/mol. The predicted octanol–water partition coefficient (Wildman–Crippen LogP) is 2.64. The maximum atomic E-state index is 12.3. The van der Waals surface area contributed by atoms with E-state index in [4.69, 9.17) is 0 Å². The lowest BCUT2D eigenvalue weighted by Crippen LogP contribution is -2.37. The Bertz CT molecular complexity index is 620. The third-order valence-corrected chi connectivity index (χ3v) is 5.24. The Morgan fingerprint density at radius 3 is 2.70 bits per heavy atom. The summed E-state index contributed by atoms with van der Waals surface area (Å²) in [5.74, 6) is 0.625. The third kappa shape index (κ3) is 3.42. The highest BCUT2D eigenvalue weighted by Gasteiger charge is 2.24. The van der Waals surface area contributed by atoms with Crippen molar-refractivity contribution in [2.45, 2.75) is 63.8 Å². The molecular weight excluding hydrogens is 288 g/mol. The fourth-order valence-electron chi connectivity index (χ4n) is 3.96. The summed E-state index contributed by atoms with van der Waals surface area (Å²) >= 11 is 0. The van der Waals surface area contributed by atoms with Gasteiger partial charge in [0, 0.05) is 18.8 Å². The van der Waals surface area contributed by atoms with Crippen molar-refractivity contribution in [2.24, 2.45) is 7.05 Å². The quantitative estimate of drug-likeness (QED) is 0.897. The van der Waals surface area contributed by atoms with Crippen LogP contribution in [0.2, 0.25) is 0 Å². The van der Waals surface area contributed by atoms with E-state index in [1.54, 1.807) is 0 Å². The van der Waals surface area contributed by atoms with Gasteiger partial charge in [-0.1, -0.05) is 19.3 Å². The zero-order valence-electron chi connectivity index (χ0n) is 14.0. The van der Waals surface area contributed by atoms with Crippen LogP contribution in [0, 0.1) is 11.3 Å². The molecule has 1 aromatic rings. The first-order chi connectivity index (χ1) is 11.2. The first-order valence-electron chi connectivity index (χ1n) is 8.84. The number of amides is 1. The molecule has 1 saturated carbocycles. The van der Waals surface area contributed by atoms with Crippen LogP contribution < -0.4 is 10.6 Å². The second-order valence-corrected chi connectivity index (χ2v) is 6.79. The molecule has 0 aromatic carbocycles. The lowest BCUT2D eigenvalue weighted by molar-refractivity contribution is -0.115. The second-order valence-electron chi connectivity index (χ2n) is 6.79. The maximum absolute atomic E-state index is 12.3. The lowest BCUT2D eigenvalue weighted by Gasteiger charge is -2.22. The van der Waals surface area contributed by atoms with Gasteiger partial charge in [0.2, 0.25) is 5.91 Å². The standard InChI is InChI=1S/C18H26N4O/c1-22-16-10-6-5-9-14(16)15(11-19)18(22)21-17(23)12-20-13-7-3-2-4-8-13/h13,20H,2-10,12H2,1H3,(H,21,23). The molecule has 0 bridgehead atoms. The van der Waals surface area contributed by atoms with Crippen LogP contribution in [-0.2, 0) is 24.7 Å². The minimum Gasteiger partial charge on any atom is -0.333 e. The minimum atomic E-state index is -0.0509. The van der Waals surface area contributed by atoms with Crippen LogP contribution in [-0.4, -0.2) is 23.1 Å². The molecule has 23 heavy (non-hydrogen) atoms. The zero-order chi connectivity index (χ0) is 16.2. The summed E-state index contributed by atoms with van der Waals surface area (Å²) < 4.78 is 2.01. The van der Waals surface area contributed by atoms with E-state index in [0.717, 1.165) is 44.1 Å². The molecule has 2 aliphatic carbocycles. The maximum Gasteiger partial charge on any atom is 0.239 e. The Balaban J connectivity index is 1.66. The molecule has 0 unspecified atom stereocenters. The number of carbonyl (C=O) groups excluding carboxylic acids is 1. The van der Waals surface area contributed by atoms with E-state index < -0.39 is 0 Å². The van der Waals surface area contributed by atoms with Gasteiger partial charge in [0.15, 0.2) is 0 Å². The molecular formula is C18H26N4O. The average Bonchev–Trinajstić information content (AvgIpc) is 2.86. The van der Waals surface area contributed by atoms with Gasteiger partial charge in [-0.3, -0.25) is 4.79 Å². The van der Waals surface area contributed by atoms with Crippen molar-refractivity contribution < 1.29 is 4.79 Å². The second kappa shape index (κ2) is 7.18. The Labute approximate surface area is 138 Å². The molecule has 2 aliphatic rings. The van der Waals surface area contributed by atoms with Crippen LogP contribution in [0.3, 0.4) is 0 Å². The SMILES string of the molecule is Cn1c2c(c(C#N)c1NC(=O)CNC1CCCCC1)CCCC2. The fraction of sp³-hybridized carbons (Fsp3) is 0.667. The van der Waals surface area contributed by atoms with Crippen molar-refractivity contribution in [1.82, 2.24) is 9.88 Å². The van der Waals surface area contributed by atoms with Crippen LogP contribution in [0.25, 0.3) is 0 Å². The van der Waals surface area contributed by atoms with Crippen LogP contribution in [0.5, 0.6) is 0 Å². The van der Waals surface area contributed by atoms with E-state index >= 15 is 0 Å². The lowest BCUT2D eigenvalue weighted by atomic mass is 9.95. The van der Waals surface area contributed by atoms with E-state index in [1.165, 1.54) is 25.0 Å². The van der Waals surface area contributed by atoms with E-state index in [0.29, 0.717) is 24.0 Å². The number of hydrogen-bond donors (Lipinski definition) is 2. The highest BCUT2D eigenvalue weighted by Crippen LogP contribution is 2.31. The molecule has 0 spiro atoms. The van der Waals surface area contributed by atoms with Crippen molar-refractivity contribution in [3.05, 3.63) is 16.8 Å². The van der Waals surface area contributed by atoms with Crippen molar-refractivity contribution in [1.29, 1.82) is 5.26 Å². The highest BCUT2D eigenvalue weighted by atomic mass is 16.2. The molecule has 124 valence electrons. The molecule has 5 nitrogen and oxygen atoms in total. The summed E-state index contributed by atoms with van der Waals surface area (Å²) in [5, 5.41) is 15.8. The number of nitrogens with zero attached hydrogens (tertiary/aromatic N) is 2. The number of rotatable bonds is 4. The zero-order valence-corrected chi connectivity index (χ0v) is 14.0. The first-order valence-corrected chi connectivity index (χ1v) is 8.84. The number of fused-ring (bicyclic) bond motifs is 1. The van der Waals surface area contributed by atoms with Gasteiger partial charge < -0.3 is 15.2 Å². The smallest absolute Gasteiger partial charge is 0.239 e. The fourth-order valence-corrected chi connectivity index (χ4v) is 3.96. The van der Waals surface area contributed by atoms with Gasteiger partial charge in [0.05, 0.1) is 12.1 Å². The molecule has 1 aromatic heterocycles. The van der Waals surface area contributed by atoms with Gasteiger partial charge in [0.25, 0.3) is 0 Å². The Morgan fingerprint density at radius 2 is 1.96 bits per heavy atom. The monoisotopic (exact) mass is 314 g/mol. The van der Waals surface area contributed by atoms with Crippen LogP contribution in [0.15, 0.2) is 0 Å². The molecule has 0 atom stereocenters. The van der Waals surface area contributed by atoms with E-state index in [1.807, 2.05) is 11.6 Å². The van der Waals surface area contributed by atoms with Crippen LogP contribution >= 0.6 is 0 Å². The minimum absolute atomic E-state index is 0.0509. The van der Waals surface area contributed by atoms with E-state index in [2.05, 4.69) is 16.7 Å². The van der Waals surface area contributed by atoms with Gasteiger partial charge in [-0.05, 0) is 44.1 Å². The number of anilines is 1. The van der Waals surface area contributed by atoms with Crippen molar-refractivity contribution in [2.75, 3.05) is 11.9 Å². The molecule has 1 heterocycles. The molecule has 1 fully saturated rings. The van der Waals surface area contributed by atoms with Crippen molar-refractivity contribution in [3.63, 3.8) is 0 Å². The molecule has 3 rings (SSSR count). The van der Waals surface area contributed by atoms with Crippen LogP contribution in [0.1, 0.15) is 61.8 Å². The first kappa shape index (κ1) is 16.1. The Morgan fingerprint density at radius 1 is 1.22 bits per heavy atom. The van der Waals surface area contributed by atoms with Gasteiger partial charge in [-0.2, -0.15) is 5.26 Å². The third-order valence-electron chi connectivity index (χ3n) is 5.24. The van der Waals surface area contributed by atoms with E-state index in [-0.39, 0.29) is 5.91 Å². The predicted molar refractivity (Wildman–Crippen MR) is 90.3 cm³/mol. The number of hydrogen-bond acceptors (Lipinski definition) is 3. The molecule has 2 N–H and O–H groups in total. The highest BCUT2D eigenvalue weighted by molar-refractivity contribution is 5.93.